The highest BCUT2D eigenvalue weighted by Crippen LogP contribution is 2.12. The number of hydrogen-bond donors (Lipinski definition) is 1. The maximum absolute atomic E-state index is 12.3. The molecule has 4 nitrogen and oxygen atoms in total. The van der Waals surface area contributed by atoms with Gasteiger partial charge in [0.25, 0.3) is 0 Å². The molecule has 0 aliphatic carbocycles. The zero-order valence-corrected chi connectivity index (χ0v) is 14.5. The minimum atomic E-state index is 0.131. The SMILES string of the molecule is CCN(Cc1ccccc1)C(=O)CNCCc1cccc(OC)c1. The number of nitrogens with one attached hydrogen (secondary N) is 1. The molecule has 0 heterocycles. The Labute approximate surface area is 144 Å². The van der Waals surface area contributed by atoms with Gasteiger partial charge in [-0.3, -0.25) is 4.79 Å². The van der Waals surface area contributed by atoms with Crippen LogP contribution in [0.5, 0.6) is 5.75 Å². The van der Waals surface area contributed by atoms with E-state index < -0.39 is 0 Å². The molecule has 0 radical (unpaired) electrons. The monoisotopic (exact) mass is 326 g/mol. The Morgan fingerprint density at radius 2 is 1.83 bits per heavy atom. The van der Waals surface area contributed by atoms with Crippen molar-refractivity contribution in [1.82, 2.24) is 10.2 Å². The van der Waals surface area contributed by atoms with Crippen molar-refractivity contribution in [2.24, 2.45) is 0 Å². The van der Waals surface area contributed by atoms with Gasteiger partial charge in [-0.15, -0.1) is 0 Å². The summed E-state index contributed by atoms with van der Waals surface area (Å²) in [6, 6.07) is 18.1. The molecule has 2 aromatic carbocycles. The first-order valence-corrected chi connectivity index (χ1v) is 8.38. The molecule has 128 valence electrons. The lowest BCUT2D eigenvalue weighted by molar-refractivity contribution is -0.130. The molecule has 0 saturated heterocycles. The zero-order chi connectivity index (χ0) is 17.2. The number of likely N-dealkylation sites (N-methyl/N-ethyl adjacent to an activating group) is 1. The van der Waals surface area contributed by atoms with Crippen LogP contribution in [0.25, 0.3) is 0 Å². The minimum Gasteiger partial charge on any atom is -0.497 e. The smallest absolute Gasteiger partial charge is 0.236 e. The highest BCUT2D eigenvalue weighted by molar-refractivity contribution is 5.78. The van der Waals surface area contributed by atoms with Crippen molar-refractivity contribution in [1.29, 1.82) is 0 Å². The van der Waals surface area contributed by atoms with E-state index in [0.29, 0.717) is 19.6 Å². The van der Waals surface area contributed by atoms with Gasteiger partial charge in [0.2, 0.25) is 5.91 Å². The van der Waals surface area contributed by atoms with E-state index in [1.807, 2.05) is 60.4 Å². The topological polar surface area (TPSA) is 41.6 Å². The van der Waals surface area contributed by atoms with Crippen LogP contribution in [0, 0.1) is 0 Å². The maximum Gasteiger partial charge on any atom is 0.236 e. The number of amides is 1. The van der Waals surface area contributed by atoms with E-state index in [9.17, 15) is 4.79 Å². The number of carbonyl (C=O) groups excluding carboxylic acids is 1. The van der Waals surface area contributed by atoms with Gasteiger partial charge < -0.3 is 15.0 Å². The first-order valence-electron chi connectivity index (χ1n) is 8.38. The fraction of sp³-hybridized carbons (Fsp3) is 0.350. The number of ether oxygens (including phenoxy) is 1. The van der Waals surface area contributed by atoms with Crippen LogP contribution in [0.4, 0.5) is 0 Å². The quantitative estimate of drug-likeness (QED) is 0.721. The Morgan fingerprint density at radius 1 is 1.08 bits per heavy atom. The van der Waals surface area contributed by atoms with Crippen LogP contribution in [0.3, 0.4) is 0 Å². The molecule has 0 fully saturated rings. The number of hydrogen-bond acceptors (Lipinski definition) is 3. The van der Waals surface area contributed by atoms with Crippen LogP contribution >= 0.6 is 0 Å². The lowest BCUT2D eigenvalue weighted by Crippen LogP contribution is -2.38. The van der Waals surface area contributed by atoms with E-state index in [1.54, 1.807) is 7.11 Å². The Hall–Kier alpha value is -2.33. The molecule has 0 saturated carbocycles. The standard InChI is InChI=1S/C20H26N2O2/c1-3-22(16-18-8-5-4-6-9-18)20(23)15-21-13-12-17-10-7-11-19(14-17)24-2/h4-11,14,21H,3,12-13,15-16H2,1-2H3. The third-order valence-corrected chi connectivity index (χ3v) is 3.95. The summed E-state index contributed by atoms with van der Waals surface area (Å²) in [6.07, 6.45) is 0.870. The van der Waals surface area contributed by atoms with Crippen LogP contribution < -0.4 is 10.1 Å². The van der Waals surface area contributed by atoms with Crippen LogP contribution in [-0.2, 0) is 17.8 Å². The molecule has 1 amide bonds. The summed E-state index contributed by atoms with van der Waals surface area (Å²) >= 11 is 0. The summed E-state index contributed by atoms with van der Waals surface area (Å²) in [7, 11) is 1.67. The predicted octanol–water partition coefficient (Wildman–Crippen LogP) is 2.88. The molecule has 24 heavy (non-hydrogen) atoms. The highest BCUT2D eigenvalue weighted by atomic mass is 16.5. The van der Waals surface area contributed by atoms with Crippen LogP contribution in [0.2, 0.25) is 0 Å². The molecule has 1 N–H and O–H groups in total. The summed E-state index contributed by atoms with van der Waals surface area (Å²) in [5.41, 5.74) is 2.36. The Balaban J connectivity index is 1.75. The van der Waals surface area contributed by atoms with Crippen molar-refractivity contribution < 1.29 is 9.53 Å². The summed E-state index contributed by atoms with van der Waals surface area (Å²) < 4.78 is 5.22. The van der Waals surface area contributed by atoms with Crippen molar-refractivity contribution >= 4 is 5.91 Å². The molecule has 0 aliphatic rings. The second-order valence-electron chi connectivity index (χ2n) is 5.67. The third kappa shape index (κ3) is 5.70. The molecular formula is C20H26N2O2. The van der Waals surface area contributed by atoms with Gasteiger partial charge in [-0.1, -0.05) is 42.5 Å². The van der Waals surface area contributed by atoms with Gasteiger partial charge >= 0.3 is 0 Å². The van der Waals surface area contributed by atoms with E-state index in [2.05, 4.69) is 11.4 Å². The van der Waals surface area contributed by atoms with E-state index >= 15 is 0 Å². The number of methoxy groups -OCH3 is 1. The minimum absolute atomic E-state index is 0.131. The first kappa shape index (κ1) is 18.0. The fourth-order valence-corrected chi connectivity index (χ4v) is 2.55. The van der Waals surface area contributed by atoms with Crippen LogP contribution in [0.1, 0.15) is 18.1 Å². The maximum atomic E-state index is 12.3. The number of benzene rings is 2. The Bertz CT molecular complexity index is 629. The van der Waals surface area contributed by atoms with Gasteiger partial charge in [0.15, 0.2) is 0 Å². The summed E-state index contributed by atoms with van der Waals surface area (Å²) in [6.45, 7) is 4.52. The second kappa shape index (κ2) is 9.73. The van der Waals surface area contributed by atoms with Crippen molar-refractivity contribution in [3.05, 3.63) is 65.7 Å². The molecule has 0 aliphatic heterocycles. The van der Waals surface area contributed by atoms with E-state index in [0.717, 1.165) is 24.3 Å². The van der Waals surface area contributed by atoms with Gasteiger partial charge in [-0.2, -0.15) is 0 Å². The van der Waals surface area contributed by atoms with Crippen molar-refractivity contribution in [2.45, 2.75) is 19.9 Å². The second-order valence-corrected chi connectivity index (χ2v) is 5.67. The summed E-state index contributed by atoms with van der Waals surface area (Å²) in [4.78, 5) is 14.2. The molecule has 0 unspecified atom stereocenters. The summed E-state index contributed by atoms with van der Waals surface area (Å²) in [5, 5.41) is 3.24. The van der Waals surface area contributed by atoms with Gasteiger partial charge in [-0.25, -0.2) is 0 Å². The average Bonchev–Trinajstić information content (AvgIpc) is 2.64. The predicted molar refractivity (Wildman–Crippen MR) is 97.1 cm³/mol. The Kier molecular flexibility index (Phi) is 7.30. The van der Waals surface area contributed by atoms with Gasteiger partial charge in [0.1, 0.15) is 5.75 Å². The Morgan fingerprint density at radius 3 is 2.54 bits per heavy atom. The van der Waals surface area contributed by atoms with Crippen LogP contribution in [-0.4, -0.2) is 37.6 Å². The van der Waals surface area contributed by atoms with E-state index in [-0.39, 0.29) is 5.91 Å². The van der Waals surface area contributed by atoms with Crippen molar-refractivity contribution in [2.75, 3.05) is 26.7 Å². The van der Waals surface area contributed by atoms with Crippen LogP contribution in [0.15, 0.2) is 54.6 Å². The molecule has 2 aromatic rings. The lowest BCUT2D eigenvalue weighted by atomic mass is 10.1. The van der Waals surface area contributed by atoms with E-state index in [1.165, 1.54) is 5.56 Å². The third-order valence-electron chi connectivity index (χ3n) is 3.95. The molecule has 0 atom stereocenters. The lowest BCUT2D eigenvalue weighted by Gasteiger charge is -2.21. The number of rotatable bonds is 9. The average molecular weight is 326 g/mol. The molecule has 0 bridgehead atoms. The van der Waals surface area contributed by atoms with Gasteiger partial charge in [0.05, 0.1) is 13.7 Å². The molecule has 2 rings (SSSR count). The van der Waals surface area contributed by atoms with Crippen molar-refractivity contribution in [3.8, 4) is 5.75 Å². The molecular weight excluding hydrogens is 300 g/mol. The molecule has 0 aromatic heterocycles. The number of carbonyl (C=O) groups is 1. The highest BCUT2D eigenvalue weighted by Gasteiger charge is 2.11. The fourth-order valence-electron chi connectivity index (χ4n) is 2.55. The first-order chi connectivity index (χ1) is 11.7. The van der Waals surface area contributed by atoms with Crippen molar-refractivity contribution in [3.63, 3.8) is 0 Å². The normalized spacial score (nSPS) is 10.4. The largest absolute Gasteiger partial charge is 0.497 e. The molecule has 0 spiro atoms. The van der Waals surface area contributed by atoms with Gasteiger partial charge in [0, 0.05) is 13.1 Å². The molecule has 4 heteroatoms. The van der Waals surface area contributed by atoms with E-state index in [4.69, 9.17) is 4.74 Å². The number of nitrogens with zero attached hydrogens (tertiary/aromatic N) is 1. The zero-order valence-electron chi connectivity index (χ0n) is 14.5. The summed E-state index contributed by atoms with van der Waals surface area (Å²) in [5.74, 6) is 0.996. The van der Waals surface area contributed by atoms with Gasteiger partial charge in [-0.05, 0) is 43.1 Å².